The Labute approximate surface area is 164 Å². The van der Waals surface area contributed by atoms with E-state index in [1.165, 1.54) is 18.2 Å². The number of nitro benzene ring substituents is 1. The van der Waals surface area contributed by atoms with Gasteiger partial charge in [-0.05, 0) is 17.7 Å². The van der Waals surface area contributed by atoms with Crippen LogP contribution in [0.1, 0.15) is 11.6 Å². The summed E-state index contributed by atoms with van der Waals surface area (Å²) < 4.78 is 29.4. The first-order valence-electron chi connectivity index (χ1n) is 8.96. The molecule has 0 aliphatic carbocycles. The predicted molar refractivity (Wildman–Crippen MR) is 106 cm³/mol. The minimum absolute atomic E-state index is 0.0217. The fraction of sp³-hybridized carbons (Fsp3) is 0.368. The fourth-order valence-electron chi connectivity index (χ4n) is 3.38. The highest BCUT2D eigenvalue weighted by Gasteiger charge is 2.28. The number of morpholine rings is 1. The highest BCUT2D eigenvalue weighted by Crippen LogP contribution is 2.33. The third-order valence-corrected chi connectivity index (χ3v) is 5.87. The molecule has 2 aromatic rings. The van der Waals surface area contributed by atoms with E-state index in [4.69, 9.17) is 4.74 Å². The van der Waals surface area contributed by atoms with Crippen LogP contribution >= 0.6 is 0 Å². The van der Waals surface area contributed by atoms with Crippen molar-refractivity contribution in [1.29, 1.82) is 0 Å². The standard InChI is InChI=1S/C19H23N3O5S/c1-28(25,26)18-9-5-8-16(19(18)22(23)24)20-14-17(15-6-3-2-4-7-15)21-10-12-27-13-11-21/h2-9,17,20H,10-14H2,1H3. The summed E-state index contributed by atoms with van der Waals surface area (Å²) in [5.74, 6) is 0. The Hall–Kier alpha value is -2.49. The third kappa shape index (κ3) is 4.67. The maximum atomic E-state index is 12.0. The minimum Gasteiger partial charge on any atom is -0.379 e. The second-order valence-electron chi connectivity index (χ2n) is 6.64. The molecular formula is C19H23N3O5S. The van der Waals surface area contributed by atoms with E-state index in [9.17, 15) is 18.5 Å². The molecule has 0 spiro atoms. The Bertz CT molecular complexity index is 928. The smallest absolute Gasteiger partial charge is 0.310 e. The van der Waals surface area contributed by atoms with Crippen LogP contribution in [-0.2, 0) is 14.6 Å². The number of hydrogen-bond acceptors (Lipinski definition) is 7. The van der Waals surface area contributed by atoms with E-state index >= 15 is 0 Å². The first-order valence-corrected chi connectivity index (χ1v) is 10.8. The van der Waals surface area contributed by atoms with E-state index in [-0.39, 0.29) is 16.6 Å². The number of para-hydroxylation sites is 1. The Kier molecular flexibility index (Phi) is 6.28. The normalized spacial score (nSPS) is 16.5. The molecule has 0 saturated carbocycles. The van der Waals surface area contributed by atoms with E-state index in [0.717, 1.165) is 24.9 Å². The Morgan fingerprint density at radius 3 is 2.43 bits per heavy atom. The molecule has 8 nitrogen and oxygen atoms in total. The summed E-state index contributed by atoms with van der Waals surface area (Å²) in [5.41, 5.74) is 0.861. The Morgan fingerprint density at radius 2 is 1.82 bits per heavy atom. The van der Waals surface area contributed by atoms with Gasteiger partial charge in [-0.15, -0.1) is 0 Å². The lowest BCUT2D eigenvalue weighted by Gasteiger charge is -2.35. The van der Waals surface area contributed by atoms with Gasteiger partial charge in [0, 0.05) is 25.9 Å². The Balaban J connectivity index is 1.90. The van der Waals surface area contributed by atoms with E-state index in [1.807, 2.05) is 30.3 Å². The third-order valence-electron chi connectivity index (χ3n) is 4.74. The van der Waals surface area contributed by atoms with E-state index in [0.29, 0.717) is 19.8 Å². The molecule has 0 radical (unpaired) electrons. The van der Waals surface area contributed by atoms with Crippen molar-refractivity contribution in [3.05, 3.63) is 64.2 Å². The first-order chi connectivity index (χ1) is 13.4. The summed E-state index contributed by atoms with van der Waals surface area (Å²) in [6.45, 7) is 3.18. The lowest BCUT2D eigenvalue weighted by Crippen LogP contribution is -2.41. The molecule has 1 unspecified atom stereocenters. The lowest BCUT2D eigenvalue weighted by molar-refractivity contribution is -0.386. The zero-order chi connectivity index (χ0) is 20.1. The quantitative estimate of drug-likeness (QED) is 0.558. The number of nitrogens with zero attached hydrogens (tertiary/aromatic N) is 2. The SMILES string of the molecule is CS(=O)(=O)c1cccc(NCC(c2ccccc2)N2CCOCC2)c1[N+](=O)[O-]. The van der Waals surface area contributed by atoms with Crippen molar-refractivity contribution in [1.82, 2.24) is 4.90 Å². The molecule has 1 N–H and O–H groups in total. The van der Waals surface area contributed by atoms with Gasteiger partial charge in [-0.1, -0.05) is 36.4 Å². The number of hydrogen-bond donors (Lipinski definition) is 1. The molecule has 150 valence electrons. The van der Waals surface area contributed by atoms with Crippen molar-refractivity contribution in [3.8, 4) is 0 Å². The van der Waals surface area contributed by atoms with Crippen LogP contribution in [0, 0.1) is 10.1 Å². The molecule has 0 bridgehead atoms. The maximum absolute atomic E-state index is 12.0. The summed E-state index contributed by atoms with van der Waals surface area (Å²) in [4.78, 5) is 12.9. The number of sulfone groups is 1. The van der Waals surface area contributed by atoms with Crippen LogP contribution in [0.3, 0.4) is 0 Å². The maximum Gasteiger partial charge on any atom is 0.310 e. The molecule has 2 aromatic carbocycles. The highest BCUT2D eigenvalue weighted by atomic mass is 32.2. The molecule has 1 heterocycles. The summed E-state index contributed by atoms with van der Waals surface area (Å²) in [7, 11) is -3.72. The van der Waals surface area contributed by atoms with Gasteiger partial charge in [0.1, 0.15) is 10.6 Å². The molecule has 1 aliphatic rings. The van der Waals surface area contributed by atoms with Crippen LogP contribution in [0.5, 0.6) is 0 Å². The van der Waals surface area contributed by atoms with Gasteiger partial charge in [0.25, 0.3) is 0 Å². The zero-order valence-corrected chi connectivity index (χ0v) is 16.4. The van der Waals surface area contributed by atoms with E-state index in [2.05, 4.69) is 10.2 Å². The number of anilines is 1. The van der Waals surface area contributed by atoms with Crippen molar-refractivity contribution in [2.75, 3.05) is 44.4 Å². The molecule has 1 fully saturated rings. The van der Waals surface area contributed by atoms with E-state index in [1.54, 1.807) is 0 Å². The van der Waals surface area contributed by atoms with Gasteiger partial charge in [-0.3, -0.25) is 15.0 Å². The van der Waals surface area contributed by atoms with Gasteiger partial charge >= 0.3 is 5.69 Å². The second-order valence-corrected chi connectivity index (χ2v) is 8.62. The van der Waals surface area contributed by atoms with Gasteiger partial charge in [0.05, 0.1) is 24.2 Å². The average molecular weight is 405 g/mol. The number of rotatable bonds is 7. The van der Waals surface area contributed by atoms with Crippen LogP contribution < -0.4 is 5.32 Å². The molecule has 28 heavy (non-hydrogen) atoms. The largest absolute Gasteiger partial charge is 0.379 e. The number of ether oxygens (including phenoxy) is 1. The minimum atomic E-state index is -3.72. The molecule has 1 aliphatic heterocycles. The zero-order valence-electron chi connectivity index (χ0n) is 15.6. The van der Waals surface area contributed by atoms with Crippen LogP contribution in [0.15, 0.2) is 53.4 Å². The predicted octanol–water partition coefficient (Wildman–Crippen LogP) is 2.48. The topological polar surface area (TPSA) is 102 Å². The van der Waals surface area contributed by atoms with Crippen LogP contribution in [-0.4, -0.2) is 57.3 Å². The molecule has 9 heteroatoms. The van der Waals surface area contributed by atoms with Crippen LogP contribution in [0.2, 0.25) is 0 Å². The van der Waals surface area contributed by atoms with Gasteiger partial charge in [0.2, 0.25) is 0 Å². The van der Waals surface area contributed by atoms with Crippen molar-refractivity contribution in [3.63, 3.8) is 0 Å². The molecule has 1 atom stereocenters. The van der Waals surface area contributed by atoms with Gasteiger partial charge in [-0.2, -0.15) is 0 Å². The second kappa shape index (κ2) is 8.68. The molecular weight excluding hydrogens is 382 g/mol. The van der Waals surface area contributed by atoms with Crippen LogP contribution in [0.4, 0.5) is 11.4 Å². The summed E-state index contributed by atoms with van der Waals surface area (Å²) >= 11 is 0. The number of nitrogens with one attached hydrogen (secondary N) is 1. The van der Waals surface area contributed by atoms with Gasteiger partial charge in [0.15, 0.2) is 9.84 Å². The number of benzene rings is 2. The lowest BCUT2D eigenvalue weighted by atomic mass is 10.0. The van der Waals surface area contributed by atoms with Crippen molar-refractivity contribution in [2.45, 2.75) is 10.9 Å². The number of nitro groups is 1. The van der Waals surface area contributed by atoms with Crippen molar-refractivity contribution in [2.24, 2.45) is 0 Å². The monoisotopic (exact) mass is 405 g/mol. The molecule has 3 rings (SSSR count). The highest BCUT2D eigenvalue weighted by molar-refractivity contribution is 7.90. The average Bonchev–Trinajstić information content (AvgIpc) is 2.69. The molecule has 1 saturated heterocycles. The van der Waals surface area contributed by atoms with Gasteiger partial charge < -0.3 is 10.1 Å². The Morgan fingerprint density at radius 1 is 1.14 bits per heavy atom. The van der Waals surface area contributed by atoms with E-state index < -0.39 is 20.4 Å². The molecule has 0 amide bonds. The first kappa shape index (κ1) is 20.2. The van der Waals surface area contributed by atoms with Gasteiger partial charge in [-0.25, -0.2) is 8.42 Å². The van der Waals surface area contributed by atoms with Crippen molar-refractivity contribution < 1.29 is 18.1 Å². The summed E-state index contributed by atoms with van der Waals surface area (Å²) in [6, 6.07) is 14.2. The summed E-state index contributed by atoms with van der Waals surface area (Å²) in [6.07, 6.45) is 0.972. The van der Waals surface area contributed by atoms with Crippen LogP contribution in [0.25, 0.3) is 0 Å². The fourth-order valence-corrected chi connectivity index (χ4v) is 4.24. The summed E-state index contributed by atoms with van der Waals surface area (Å²) in [5, 5.41) is 14.7. The van der Waals surface area contributed by atoms with Crippen molar-refractivity contribution >= 4 is 21.2 Å². The molecule has 0 aromatic heterocycles.